The van der Waals surface area contributed by atoms with Gasteiger partial charge < -0.3 is 4.74 Å². The second-order valence-electron chi connectivity index (χ2n) is 5.63. The number of fused-ring (bicyclic) bond motifs is 3. The number of nitrogens with zero attached hydrogens (tertiary/aromatic N) is 1. The van der Waals surface area contributed by atoms with Gasteiger partial charge in [-0.3, -0.25) is 4.90 Å². The molecule has 3 nitrogen and oxygen atoms in total. The summed E-state index contributed by atoms with van der Waals surface area (Å²) in [5.74, 6) is 0.408. The molecule has 102 valence electrons. The van der Waals surface area contributed by atoms with E-state index in [0.717, 1.165) is 13.0 Å². The van der Waals surface area contributed by atoms with Crippen molar-refractivity contribution in [1.82, 2.24) is 4.90 Å². The van der Waals surface area contributed by atoms with Gasteiger partial charge in [0, 0.05) is 6.54 Å². The first-order valence-corrected chi connectivity index (χ1v) is 7.28. The normalized spacial score (nSPS) is 29.2. The van der Waals surface area contributed by atoms with Crippen LogP contribution in [0.15, 0.2) is 24.3 Å². The zero-order chi connectivity index (χ0) is 13.2. The summed E-state index contributed by atoms with van der Waals surface area (Å²) in [4.78, 5) is 14.5. The van der Waals surface area contributed by atoms with Crippen molar-refractivity contribution in [3.8, 4) is 0 Å². The summed E-state index contributed by atoms with van der Waals surface area (Å²) >= 11 is 0. The number of carbonyl (C=O) groups is 1. The average molecular weight is 259 g/mol. The van der Waals surface area contributed by atoms with Crippen LogP contribution in [0.5, 0.6) is 0 Å². The molecule has 3 aliphatic heterocycles. The summed E-state index contributed by atoms with van der Waals surface area (Å²) in [6, 6.07) is 7.77. The van der Waals surface area contributed by atoms with Gasteiger partial charge in [-0.05, 0) is 56.0 Å². The molecule has 0 aromatic heterocycles. The maximum Gasteiger partial charge on any atom is 0.338 e. The standard InChI is InChI=1S/C16H21NO2/c1-2-12-3-5-14(6-4-12)16(18)19-15-11-17-9-7-13(15)8-10-17/h3-6,13,15H,2,7-11H2,1H3. The van der Waals surface area contributed by atoms with E-state index in [0.29, 0.717) is 11.5 Å². The molecule has 4 rings (SSSR count). The van der Waals surface area contributed by atoms with Gasteiger partial charge in [0.2, 0.25) is 0 Å². The molecule has 1 aromatic rings. The van der Waals surface area contributed by atoms with Gasteiger partial charge in [-0.1, -0.05) is 19.1 Å². The Morgan fingerprint density at radius 1 is 1.26 bits per heavy atom. The molecule has 3 heteroatoms. The molecule has 3 saturated heterocycles. The van der Waals surface area contributed by atoms with E-state index in [4.69, 9.17) is 4.74 Å². The highest BCUT2D eigenvalue weighted by atomic mass is 16.5. The molecule has 0 amide bonds. The van der Waals surface area contributed by atoms with Crippen LogP contribution in [0.2, 0.25) is 0 Å². The fraction of sp³-hybridized carbons (Fsp3) is 0.562. The predicted octanol–water partition coefficient (Wildman–Crippen LogP) is 2.50. The van der Waals surface area contributed by atoms with Gasteiger partial charge in [0.1, 0.15) is 6.10 Å². The van der Waals surface area contributed by atoms with Crippen LogP contribution in [0.4, 0.5) is 0 Å². The summed E-state index contributed by atoms with van der Waals surface area (Å²) in [5, 5.41) is 0. The van der Waals surface area contributed by atoms with Crippen molar-refractivity contribution in [2.45, 2.75) is 32.3 Å². The molecular weight excluding hydrogens is 238 g/mol. The largest absolute Gasteiger partial charge is 0.457 e. The van der Waals surface area contributed by atoms with Crippen LogP contribution in [0.25, 0.3) is 0 Å². The van der Waals surface area contributed by atoms with Crippen LogP contribution < -0.4 is 0 Å². The summed E-state index contributed by atoms with van der Waals surface area (Å²) in [5.41, 5.74) is 1.92. The maximum atomic E-state index is 12.1. The Morgan fingerprint density at radius 2 is 1.95 bits per heavy atom. The van der Waals surface area contributed by atoms with Crippen LogP contribution in [0, 0.1) is 5.92 Å². The minimum absolute atomic E-state index is 0.0980. The number of rotatable bonds is 3. The Kier molecular flexibility index (Phi) is 3.56. The molecule has 0 N–H and O–H groups in total. The predicted molar refractivity (Wildman–Crippen MR) is 74.2 cm³/mol. The Hall–Kier alpha value is -1.35. The van der Waals surface area contributed by atoms with E-state index in [1.165, 1.54) is 31.5 Å². The van der Waals surface area contributed by atoms with Crippen molar-refractivity contribution < 1.29 is 9.53 Å². The van der Waals surface area contributed by atoms with Crippen molar-refractivity contribution in [2.24, 2.45) is 5.92 Å². The van der Waals surface area contributed by atoms with E-state index >= 15 is 0 Å². The lowest BCUT2D eigenvalue weighted by Crippen LogP contribution is -2.51. The number of ether oxygens (including phenoxy) is 1. The van der Waals surface area contributed by atoms with E-state index in [2.05, 4.69) is 11.8 Å². The second-order valence-corrected chi connectivity index (χ2v) is 5.63. The van der Waals surface area contributed by atoms with Crippen molar-refractivity contribution in [3.63, 3.8) is 0 Å². The van der Waals surface area contributed by atoms with Crippen LogP contribution in [-0.4, -0.2) is 36.6 Å². The summed E-state index contributed by atoms with van der Waals surface area (Å²) in [7, 11) is 0. The number of hydrogen-bond acceptors (Lipinski definition) is 3. The minimum Gasteiger partial charge on any atom is -0.457 e. The van der Waals surface area contributed by atoms with Gasteiger partial charge in [-0.15, -0.1) is 0 Å². The summed E-state index contributed by atoms with van der Waals surface area (Å²) in [6.45, 7) is 5.37. The Morgan fingerprint density at radius 3 is 2.47 bits per heavy atom. The highest BCUT2D eigenvalue weighted by Crippen LogP contribution is 2.30. The zero-order valence-corrected chi connectivity index (χ0v) is 11.5. The van der Waals surface area contributed by atoms with Crippen LogP contribution in [-0.2, 0) is 11.2 Å². The molecule has 1 atom stereocenters. The number of carbonyl (C=O) groups excluding carboxylic acids is 1. The van der Waals surface area contributed by atoms with Crippen molar-refractivity contribution >= 4 is 5.97 Å². The average Bonchev–Trinajstić information content (AvgIpc) is 2.48. The third-order valence-corrected chi connectivity index (χ3v) is 4.45. The SMILES string of the molecule is CCc1ccc(C(=O)OC2CN3CCC2CC3)cc1. The molecule has 2 bridgehead atoms. The van der Waals surface area contributed by atoms with Crippen LogP contribution in [0.3, 0.4) is 0 Å². The molecule has 3 heterocycles. The molecule has 1 unspecified atom stereocenters. The van der Waals surface area contributed by atoms with Gasteiger partial charge in [-0.2, -0.15) is 0 Å². The first kappa shape index (κ1) is 12.7. The summed E-state index contributed by atoms with van der Waals surface area (Å²) in [6.07, 6.45) is 3.44. The second kappa shape index (κ2) is 5.33. The molecule has 0 radical (unpaired) electrons. The quantitative estimate of drug-likeness (QED) is 0.781. The fourth-order valence-electron chi connectivity index (χ4n) is 3.13. The van der Waals surface area contributed by atoms with Gasteiger partial charge >= 0.3 is 5.97 Å². The monoisotopic (exact) mass is 259 g/mol. The molecule has 3 aliphatic rings. The Balaban J connectivity index is 1.64. The lowest BCUT2D eigenvalue weighted by Gasteiger charge is -2.43. The first-order valence-electron chi connectivity index (χ1n) is 7.28. The number of piperidine rings is 3. The minimum atomic E-state index is -0.165. The lowest BCUT2D eigenvalue weighted by atomic mass is 9.86. The van der Waals surface area contributed by atoms with E-state index < -0.39 is 0 Å². The Bertz CT molecular complexity index is 446. The van der Waals surface area contributed by atoms with Gasteiger partial charge in [0.15, 0.2) is 0 Å². The third kappa shape index (κ3) is 2.66. The summed E-state index contributed by atoms with van der Waals surface area (Å²) < 4.78 is 5.70. The number of benzene rings is 1. The number of aryl methyl sites for hydroxylation is 1. The van der Waals surface area contributed by atoms with E-state index in [1.54, 1.807) is 0 Å². The first-order chi connectivity index (χ1) is 9.26. The third-order valence-electron chi connectivity index (χ3n) is 4.45. The molecule has 0 saturated carbocycles. The van der Waals surface area contributed by atoms with Crippen molar-refractivity contribution in [2.75, 3.05) is 19.6 Å². The van der Waals surface area contributed by atoms with Crippen molar-refractivity contribution in [1.29, 1.82) is 0 Å². The number of hydrogen-bond donors (Lipinski definition) is 0. The van der Waals surface area contributed by atoms with E-state index in [-0.39, 0.29) is 12.1 Å². The molecule has 0 spiro atoms. The van der Waals surface area contributed by atoms with Crippen molar-refractivity contribution in [3.05, 3.63) is 35.4 Å². The Labute approximate surface area is 114 Å². The highest BCUT2D eigenvalue weighted by Gasteiger charge is 2.36. The molecule has 1 aromatic carbocycles. The van der Waals surface area contributed by atoms with E-state index in [9.17, 15) is 4.79 Å². The number of esters is 1. The molecule has 19 heavy (non-hydrogen) atoms. The topological polar surface area (TPSA) is 29.5 Å². The van der Waals surface area contributed by atoms with Gasteiger partial charge in [0.05, 0.1) is 5.56 Å². The molecule has 3 fully saturated rings. The fourth-order valence-corrected chi connectivity index (χ4v) is 3.13. The smallest absolute Gasteiger partial charge is 0.338 e. The van der Waals surface area contributed by atoms with Crippen LogP contribution in [0.1, 0.15) is 35.7 Å². The highest BCUT2D eigenvalue weighted by molar-refractivity contribution is 5.89. The van der Waals surface area contributed by atoms with Gasteiger partial charge in [0.25, 0.3) is 0 Å². The van der Waals surface area contributed by atoms with Crippen LogP contribution >= 0.6 is 0 Å². The molecule has 0 aliphatic carbocycles. The zero-order valence-electron chi connectivity index (χ0n) is 11.5. The van der Waals surface area contributed by atoms with E-state index in [1.807, 2.05) is 24.3 Å². The lowest BCUT2D eigenvalue weighted by molar-refractivity contribution is -0.0455. The van der Waals surface area contributed by atoms with Gasteiger partial charge in [-0.25, -0.2) is 4.79 Å². The molecular formula is C16H21NO2. The maximum absolute atomic E-state index is 12.1.